The lowest BCUT2D eigenvalue weighted by molar-refractivity contribution is 0.0526. The number of ether oxygens (including phenoxy) is 1. The minimum absolute atomic E-state index is 0.0738. The van der Waals surface area contributed by atoms with Gasteiger partial charge in [0.2, 0.25) is 10.0 Å². The van der Waals surface area contributed by atoms with Crippen molar-refractivity contribution in [3.8, 4) is 0 Å². The van der Waals surface area contributed by atoms with Crippen molar-refractivity contribution in [2.24, 2.45) is 0 Å². The zero-order valence-electron chi connectivity index (χ0n) is 17.2. The molecule has 0 radical (unpaired) electrons. The average molecular weight is 431 g/mol. The molecule has 2 aromatic carbocycles. The van der Waals surface area contributed by atoms with E-state index in [-0.39, 0.29) is 18.3 Å². The molecule has 0 aliphatic carbocycles. The van der Waals surface area contributed by atoms with Crippen molar-refractivity contribution in [3.63, 3.8) is 0 Å². The first-order chi connectivity index (χ1) is 14.3. The van der Waals surface area contributed by atoms with Gasteiger partial charge in [-0.2, -0.15) is 0 Å². The molecule has 0 unspecified atom stereocenters. The van der Waals surface area contributed by atoms with Crippen molar-refractivity contribution < 1.29 is 22.7 Å². The second kappa shape index (κ2) is 9.40. The normalized spacial score (nSPS) is 14.5. The minimum Gasteiger partial charge on any atom is -0.462 e. The molecule has 1 amide bonds. The van der Waals surface area contributed by atoms with Gasteiger partial charge in [-0.05, 0) is 62.1 Å². The summed E-state index contributed by atoms with van der Waals surface area (Å²) in [7, 11) is -3.33. The van der Waals surface area contributed by atoms with Crippen LogP contribution in [0.2, 0.25) is 0 Å². The predicted molar refractivity (Wildman–Crippen MR) is 115 cm³/mol. The number of carbonyl (C=O) groups excluding carboxylic acids is 2. The number of sulfonamides is 1. The summed E-state index contributed by atoms with van der Waals surface area (Å²) in [5, 5.41) is 2.80. The Morgan fingerprint density at radius 1 is 1.03 bits per heavy atom. The zero-order valence-corrected chi connectivity index (χ0v) is 18.0. The van der Waals surface area contributed by atoms with Crippen molar-refractivity contribution in [2.45, 2.75) is 32.4 Å². The maximum atomic E-state index is 12.6. The molecule has 0 atom stereocenters. The lowest BCUT2D eigenvalue weighted by Crippen LogP contribution is -2.29. The molecular weight excluding hydrogens is 404 g/mol. The summed E-state index contributed by atoms with van der Waals surface area (Å²) in [4.78, 5) is 24.5. The highest BCUT2D eigenvalue weighted by atomic mass is 32.2. The van der Waals surface area contributed by atoms with E-state index >= 15 is 0 Å². The fourth-order valence-electron chi connectivity index (χ4n) is 3.31. The number of carbonyl (C=O) groups is 2. The summed E-state index contributed by atoms with van der Waals surface area (Å²) in [6.45, 7) is 4.99. The Bertz CT molecular complexity index is 1030. The molecule has 8 heteroatoms. The number of rotatable bonds is 7. The average Bonchev–Trinajstić information content (AvgIpc) is 3.26. The molecule has 0 saturated carbocycles. The van der Waals surface area contributed by atoms with Crippen molar-refractivity contribution in [2.75, 3.05) is 25.0 Å². The number of hydrogen-bond acceptors (Lipinski definition) is 5. The highest BCUT2D eigenvalue weighted by Gasteiger charge is 2.25. The molecule has 30 heavy (non-hydrogen) atoms. The Kier molecular flexibility index (Phi) is 6.89. The van der Waals surface area contributed by atoms with E-state index in [0.29, 0.717) is 35.5 Å². The Morgan fingerprint density at radius 3 is 2.30 bits per heavy atom. The molecule has 1 fully saturated rings. The van der Waals surface area contributed by atoms with Crippen molar-refractivity contribution in [1.29, 1.82) is 0 Å². The van der Waals surface area contributed by atoms with Crippen molar-refractivity contribution in [3.05, 3.63) is 64.7 Å². The van der Waals surface area contributed by atoms with Crippen LogP contribution in [0.4, 0.5) is 5.69 Å². The van der Waals surface area contributed by atoms with Crippen molar-refractivity contribution >= 4 is 27.6 Å². The van der Waals surface area contributed by atoms with Crippen LogP contribution in [-0.4, -0.2) is 44.3 Å². The number of nitrogens with zero attached hydrogens (tertiary/aromatic N) is 1. The van der Waals surface area contributed by atoms with Crippen LogP contribution in [0.25, 0.3) is 0 Å². The maximum Gasteiger partial charge on any atom is 0.338 e. The third kappa shape index (κ3) is 5.25. The quantitative estimate of drug-likeness (QED) is 0.680. The van der Waals surface area contributed by atoms with Gasteiger partial charge in [-0.1, -0.05) is 18.2 Å². The van der Waals surface area contributed by atoms with Crippen molar-refractivity contribution in [1.82, 2.24) is 4.31 Å². The fraction of sp³-hybridized carbons (Fsp3) is 0.364. The van der Waals surface area contributed by atoms with Gasteiger partial charge in [0.1, 0.15) is 0 Å². The van der Waals surface area contributed by atoms with Gasteiger partial charge in [0.05, 0.1) is 17.9 Å². The van der Waals surface area contributed by atoms with Crippen LogP contribution in [0.3, 0.4) is 0 Å². The first-order valence-electron chi connectivity index (χ1n) is 9.96. The van der Waals surface area contributed by atoms with Gasteiger partial charge in [0, 0.05) is 24.3 Å². The molecule has 1 aliphatic rings. The van der Waals surface area contributed by atoms with Crippen LogP contribution in [0.5, 0.6) is 0 Å². The monoisotopic (exact) mass is 430 g/mol. The molecule has 1 saturated heterocycles. The summed E-state index contributed by atoms with van der Waals surface area (Å²) < 4.78 is 31.4. The molecule has 0 bridgehead atoms. The van der Waals surface area contributed by atoms with E-state index < -0.39 is 16.0 Å². The van der Waals surface area contributed by atoms with E-state index in [0.717, 1.165) is 18.4 Å². The van der Waals surface area contributed by atoms with Gasteiger partial charge >= 0.3 is 5.97 Å². The standard InChI is InChI=1S/C22H26N2O5S/c1-3-29-22(26)19-9-6-16(2)20(14-19)23-21(25)18-10-7-17(8-11-18)15-30(27,28)24-12-4-5-13-24/h6-11,14H,3-5,12-13,15H2,1-2H3,(H,23,25). The Hall–Kier alpha value is -2.71. The highest BCUT2D eigenvalue weighted by molar-refractivity contribution is 7.88. The van der Waals surface area contributed by atoms with E-state index in [1.54, 1.807) is 49.4 Å². The molecule has 0 spiro atoms. The Labute approximate surface area is 177 Å². The first kappa shape index (κ1) is 22.0. The highest BCUT2D eigenvalue weighted by Crippen LogP contribution is 2.20. The second-order valence-corrected chi connectivity index (χ2v) is 9.23. The number of hydrogen-bond donors (Lipinski definition) is 1. The largest absolute Gasteiger partial charge is 0.462 e. The lowest BCUT2D eigenvalue weighted by Gasteiger charge is -2.15. The molecule has 0 aromatic heterocycles. The third-order valence-corrected chi connectivity index (χ3v) is 6.87. The Morgan fingerprint density at radius 2 is 1.67 bits per heavy atom. The number of amides is 1. The molecule has 7 nitrogen and oxygen atoms in total. The Balaban J connectivity index is 1.69. The zero-order chi connectivity index (χ0) is 21.7. The summed E-state index contributed by atoms with van der Waals surface area (Å²) in [5.41, 5.74) is 2.73. The van der Waals surface area contributed by atoms with Crippen LogP contribution >= 0.6 is 0 Å². The number of aryl methyl sites for hydroxylation is 1. The van der Waals surface area contributed by atoms with Crippen LogP contribution in [0.15, 0.2) is 42.5 Å². The summed E-state index contributed by atoms with van der Waals surface area (Å²) in [5.74, 6) is -0.861. The first-order valence-corrected chi connectivity index (χ1v) is 11.6. The number of anilines is 1. The molecule has 1 aliphatic heterocycles. The van der Waals surface area contributed by atoms with Crippen LogP contribution < -0.4 is 5.32 Å². The topological polar surface area (TPSA) is 92.8 Å². The van der Waals surface area contributed by atoms with Crippen LogP contribution in [0.1, 0.15) is 51.6 Å². The minimum atomic E-state index is -3.33. The maximum absolute atomic E-state index is 12.6. The smallest absolute Gasteiger partial charge is 0.338 e. The van der Waals surface area contributed by atoms with Gasteiger partial charge in [-0.25, -0.2) is 17.5 Å². The second-order valence-electron chi connectivity index (χ2n) is 7.26. The molecular formula is C22H26N2O5S. The lowest BCUT2D eigenvalue weighted by atomic mass is 10.1. The number of nitrogens with one attached hydrogen (secondary N) is 1. The van der Waals surface area contributed by atoms with E-state index in [2.05, 4.69) is 5.32 Å². The van der Waals surface area contributed by atoms with Gasteiger partial charge in [0.15, 0.2) is 0 Å². The molecule has 1 N–H and O–H groups in total. The number of esters is 1. The van der Waals surface area contributed by atoms with E-state index in [9.17, 15) is 18.0 Å². The van der Waals surface area contributed by atoms with Crippen LogP contribution in [0, 0.1) is 6.92 Å². The molecule has 2 aromatic rings. The van der Waals surface area contributed by atoms with Crippen LogP contribution in [-0.2, 0) is 20.5 Å². The van der Waals surface area contributed by atoms with Gasteiger partial charge < -0.3 is 10.1 Å². The van der Waals surface area contributed by atoms with Gasteiger partial charge in [-0.3, -0.25) is 4.79 Å². The summed E-state index contributed by atoms with van der Waals surface area (Å²) in [6.07, 6.45) is 1.80. The summed E-state index contributed by atoms with van der Waals surface area (Å²) >= 11 is 0. The van der Waals surface area contributed by atoms with E-state index in [4.69, 9.17) is 4.74 Å². The van der Waals surface area contributed by atoms with Gasteiger partial charge in [-0.15, -0.1) is 0 Å². The molecule has 160 valence electrons. The fourth-order valence-corrected chi connectivity index (χ4v) is 4.92. The van der Waals surface area contributed by atoms with E-state index in [1.807, 2.05) is 6.92 Å². The number of benzene rings is 2. The predicted octanol–water partition coefficient (Wildman–Crippen LogP) is 3.35. The van der Waals surface area contributed by atoms with E-state index in [1.165, 1.54) is 4.31 Å². The summed E-state index contributed by atoms with van der Waals surface area (Å²) in [6, 6.07) is 11.5. The molecule has 3 rings (SSSR count). The molecule has 1 heterocycles. The SMILES string of the molecule is CCOC(=O)c1ccc(C)c(NC(=O)c2ccc(CS(=O)(=O)N3CCCC3)cc2)c1. The van der Waals surface area contributed by atoms with Gasteiger partial charge in [0.25, 0.3) is 5.91 Å². The third-order valence-electron chi connectivity index (χ3n) is 5.02.